The van der Waals surface area contributed by atoms with Crippen LogP contribution in [0.15, 0.2) is 12.1 Å². The highest BCUT2D eigenvalue weighted by atomic mass is 35.5. The molecule has 1 heterocycles. The number of fused-ring (bicyclic) bond motifs is 1. The number of aryl methyl sites for hydroxylation is 1. The van der Waals surface area contributed by atoms with Crippen molar-refractivity contribution in [3.63, 3.8) is 0 Å². The largest absolute Gasteiger partial charge is 0.383 e. The quantitative estimate of drug-likeness (QED) is 0.812. The highest BCUT2D eigenvalue weighted by molar-refractivity contribution is 6.35. The van der Waals surface area contributed by atoms with E-state index in [-0.39, 0.29) is 10.8 Å². The summed E-state index contributed by atoms with van der Waals surface area (Å²) in [5, 5.41) is 0.714. The van der Waals surface area contributed by atoms with Crippen LogP contribution in [-0.4, -0.2) is 9.97 Å². The lowest BCUT2D eigenvalue weighted by Crippen LogP contribution is -2.00. The van der Waals surface area contributed by atoms with Crippen LogP contribution < -0.4 is 5.73 Å². The summed E-state index contributed by atoms with van der Waals surface area (Å²) in [6.07, 6.45) is 0.661. The molecule has 3 nitrogen and oxygen atoms in total. The van der Waals surface area contributed by atoms with Crippen LogP contribution in [0.4, 0.5) is 10.2 Å². The van der Waals surface area contributed by atoms with Gasteiger partial charge in [-0.25, -0.2) is 14.4 Å². The third-order valence-electron chi connectivity index (χ3n) is 2.11. The summed E-state index contributed by atoms with van der Waals surface area (Å²) < 4.78 is 13.1. The average molecular weight is 226 g/mol. The first-order valence-corrected chi connectivity index (χ1v) is 4.90. The summed E-state index contributed by atoms with van der Waals surface area (Å²) in [5.41, 5.74) is 6.20. The molecule has 5 heteroatoms. The molecular weight excluding hydrogens is 217 g/mol. The molecule has 0 bridgehead atoms. The molecule has 0 amide bonds. The Hall–Kier alpha value is -1.42. The van der Waals surface area contributed by atoms with Crippen LogP contribution in [-0.2, 0) is 6.42 Å². The zero-order chi connectivity index (χ0) is 11.0. The molecule has 2 rings (SSSR count). The normalized spacial score (nSPS) is 10.9. The predicted octanol–water partition coefficient (Wildman–Crippen LogP) is 2.57. The van der Waals surface area contributed by atoms with Gasteiger partial charge in [-0.05, 0) is 12.1 Å². The van der Waals surface area contributed by atoms with E-state index in [0.717, 1.165) is 0 Å². The third-order valence-corrected chi connectivity index (χ3v) is 2.40. The molecule has 0 spiro atoms. The van der Waals surface area contributed by atoms with E-state index in [4.69, 9.17) is 17.3 Å². The highest BCUT2D eigenvalue weighted by Crippen LogP contribution is 2.26. The second-order valence-electron chi connectivity index (χ2n) is 3.16. The van der Waals surface area contributed by atoms with Gasteiger partial charge in [-0.15, -0.1) is 0 Å². The molecule has 0 radical (unpaired) electrons. The van der Waals surface area contributed by atoms with Crippen molar-refractivity contribution in [2.75, 3.05) is 5.73 Å². The van der Waals surface area contributed by atoms with Crippen LogP contribution in [0.25, 0.3) is 10.9 Å². The van der Waals surface area contributed by atoms with Crippen molar-refractivity contribution in [2.24, 2.45) is 0 Å². The zero-order valence-electron chi connectivity index (χ0n) is 8.09. The van der Waals surface area contributed by atoms with E-state index < -0.39 is 5.82 Å². The van der Waals surface area contributed by atoms with Crippen LogP contribution in [0.1, 0.15) is 12.7 Å². The Morgan fingerprint density at radius 2 is 2.13 bits per heavy atom. The van der Waals surface area contributed by atoms with Gasteiger partial charge in [-0.1, -0.05) is 18.5 Å². The van der Waals surface area contributed by atoms with Crippen LogP contribution in [0.5, 0.6) is 0 Å². The molecule has 1 aromatic carbocycles. The number of benzene rings is 1. The van der Waals surface area contributed by atoms with Crippen molar-refractivity contribution in [3.05, 3.63) is 28.8 Å². The van der Waals surface area contributed by atoms with E-state index >= 15 is 0 Å². The minimum atomic E-state index is -0.438. The standard InChI is InChI=1S/C10H9ClFN3/c1-2-8-14-9-6(10(13)15-8)3-5(12)4-7(9)11/h3-4H,2H2,1H3,(H2,13,14,15). The molecule has 0 saturated carbocycles. The molecule has 0 aliphatic carbocycles. The number of hydrogen-bond donors (Lipinski definition) is 1. The van der Waals surface area contributed by atoms with Crippen LogP contribution >= 0.6 is 11.6 Å². The summed E-state index contributed by atoms with van der Waals surface area (Å²) in [7, 11) is 0. The number of nitrogens with two attached hydrogens (primary N) is 1. The molecule has 0 saturated heterocycles. The van der Waals surface area contributed by atoms with Crippen molar-refractivity contribution in [2.45, 2.75) is 13.3 Å². The maximum Gasteiger partial charge on any atom is 0.135 e. The number of aromatic nitrogens is 2. The molecule has 1 aromatic heterocycles. The summed E-state index contributed by atoms with van der Waals surface area (Å²) >= 11 is 5.88. The molecule has 15 heavy (non-hydrogen) atoms. The molecule has 78 valence electrons. The first kappa shape index (κ1) is 10.1. The Kier molecular flexibility index (Phi) is 2.44. The number of nitrogen functional groups attached to an aromatic ring is 1. The SMILES string of the molecule is CCc1nc(N)c2cc(F)cc(Cl)c2n1. The summed E-state index contributed by atoms with van der Waals surface area (Å²) in [5.74, 6) is 0.429. The van der Waals surface area contributed by atoms with Crippen molar-refractivity contribution < 1.29 is 4.39 Å². The van der Waals surface area contributed by atoms with E-state index in [9.17, 15) is 4.39 Å². The molecule has 0 atom stereocenters. The zero-order valence-corrected chi connectivity index (χ0v) is 8.85. The van der Waals surface area contributed by atoms with Crippen LogP contribution in [0.3, 0.4) is 0 Å². The van der Waals surface area contributed by atoms with Gasteiger partial charge < -0.3 is 5.73 Å². The number of rotatable bonds is 1. The molecule has 0 aliphatic rings. The Labute approximate surface area is 91.1 Å². The molecule has 2 aromatic rings. The predicted molar refractivity (Wildman–Crippen MR) is 58.3 cm³/mol. The van der Waals surface area contributed by atoms with Gasteiger partial charge in [-0.3, -0.25) is 0 Å². The number of nitrogens with zero attached hydrogens (tertiary/aromatic N) is 2. The second-order valence-corrected chi connectivity index (χ2v) is 3.57. The first-order valence-electron chi connectivity index (χ1n) is 4.53. The Bertz CT molecular complexity index is 528. The van der Waals surface area contributed by atoms with Gasteiger partial charge in [-0.2, -0.15) is 0 Å². The monoisotopic (exact) mass is 225 g/mol. The highest BCUT2D eigenvalue weighted by Gasteiger charge is 2.09. The van der Waals surface area contributed by atoms with Crippen molar-refractivity contribution in [1.29, 1.82) is 0 Å². The van der Waals surface area contributed by atoms with Gasteiger partial charge in [0.05, 0.1) is 10.5 Å². The fourth-order valence-electron chi connectivity index (χ4n) is 1.39. The van der Waals surface area contributed by atoms with E-state index in [0.29, 0.717) is 23.1 Å². The number of hydrogen-bond acceptors (Lipinski definition) is 3. The van der Waals surface area contributed by atoms with Crippen molar-refractivity contribution in [1.82, 2.24) is 9.97 Å². The second kappa shape index (κ2) is 3.62. The first-order chi connectivity index (χ1) is 7.11. The average Bonchev–Trinajstić information content (AvgIpc) is 2.19. The topological polar surface area (TPSA) is 51.8 Å². The van der Waals surface area contributed by atoms with Crippen LogP contribution in [0, 0.1) is 5.82 Å². The van der Waals surface area contributed by atoms with E-state index in [2.05, 4.69) is 9.97 Å². The lowest BCUT2D eigenvalue weighted by molar-refractivity contribution is 0.629. The van der Waals surface area contributed by atoms with Gasteiger partial charge in [0.2, 0.25) is 0 Å². The number of halogens is 2. The molecule has 2 N–H and O–H groups in total. The third kappa shape index (κ3) is 1.72. The van der Waals surface area contributed by atoms with E-state index in [1.807, 2.05) is 6.92 Å². The van der Waals surface area contributed by atoms with E-state index in [1.165, 1.54) is 12.1 Å². The lowest BCUT2D eigenvalue weighted by atomic mass is 10.2. The molecule has 0 unspecified atom stereocenters. The van der Waals surface area contributed by atoms with E-state index in [1.54, 1.807) is 0 Å². The Morgan fingerprint density at radius 1 is 1.40 bits per heavy atom. The lowest BCUT2D eigenvalue weighted by Gasteiger charge is -2.05. The molecule has 0 fully saturated rings. The smallest absolute Gasteiger partial charge is 0.135 e. The summed E-state index contributed by atoms with van der Waals surface area (Å²) in [6, 6.07) is 2.51. The fourth-order valence-corrected chi connectivity index (χ4v) is 1.63. The van der Waals surface area contributed by atoms with Gasteiger partial charge in [0.1, 0.15) is 17.5 Å². The summed E-state index contributed by atoms with van der Waals surface area (Å²) in [6.45, 7) is 1.91. The maximum atomic E-state index is 13.1. The minimum Gasteiger partial charge on any atom is -0.383 e. The Morgan fingerprint density at radius 3 is 2.80 bits per heavy atom. The molecular formula is C10H9ClFN3. The summed E-state index contributed by atoms with van der Waals surface area (Å²) in [4.78, 5) is 8.25. The fraction of sp³-hybridized carbons (Fsp3) is 0.200. The van der Waals surface area contributed by atoms with Crippen molar-refractivity contribution >= 4 is 28.3 Å². The van der Waals surface area contributed by atoms with Gasteiger partial charge >= 0.3 is 0 Å². The van der Waals surface area contributed by atoms with Crippen molar-refractivity contribution in [3.8, 4) is 0 Å². The molecule has 0 aliphatic heterocycles. The van der Waals surface area contributed by atoms with Gasteiger partial charge in [0.25, 0.3) is 0 Å². The Balaban J connectivity index is 2.85. The van der Waals surface area contributed by atoms with Crippen LogP contribution in [0.2, 0.25) is 5.02 Å². The minimum absolute atomic E-state index is 0.258. The van der Waals surface area contributed by atoms with Gasteiger partial charge in [0, 0.05) is 11.8 Å². The maximum absolute atomic E-state index is 13.1. The van der Waals surface area contributed by atoms with Gasteiger partial charge in [0.15, 0.2) is 0 Å². The number of anilines is 1.